The van der Waals surface area contributed by atoms with Gasteiger partial charge in [0, 0.05) is 19.6 Å². The second kappa shape index (κ2) is 5.21. The SMILES string of the molecule is CCN1CC(CC)(CC)N(CC)c2ccccc21. The van der Waals surface area contributed by atoms with Crippen molar-refractivity contribution in [1.29, 1.82) is 0 Å². The molecule has 1 aromatic rings. The van der Waals surface area contributed by atoms with Crippen molar-refractivity contribution in [2.75, 3.05) is 29.4 Å². The number of fused-ring (bicyclic) bond motifs is 1. The minimum atomic E-state index is 0.305. The molecule has 0 fully saturated rings. The highest BCUT2D eigenvalue weighted by atomic mass is 15.3. The Morgan fingerprint density at radius 1 is 0.944 bits per heavy atom. The Bertz CT molecular complexity index is 396. The van der Waals surface area contributed by atoms with E-state index in [9.17, 15) is 0 Å². The first-order valence-electron chi connectivity index (χ1n) is 7.34. The first-order chi connectivity index (χ1) is 8.72. The van der Waals surface area contributed by atoms with Crippen molar-refractivity contribution in [2.24, 2.45) is 0 Å². The summed E-state index contributed by atoms with van der Waals surface area (Å²) in [5.41, 5.74) is 3.12. The molecule has 2 rings (SSSR count). The van der Waals surface area contributed by atoms with E-state index < -0.39 is 0 Å². The fourth-order valence-corrected chi connectivity index (χ4v) is 3.38. The summed E-state index contributed by atoms with van der Waals surface area (Å²) in [4.78, 5) is 5.16. The van der Waals surface area contributed by atoms with E-state index in [4.69, 9.17) is 0 Å². The smallest absolute Gasteiger partial charge is 0.0609 e. The summed E-state index contributed by atoms with van der Waals surface area (Å²) >= 11 is 0. The number of benzene rings is 1. The molecule has 0 spiro atoms. The number of hydrogen-bond acceptors (Lipinski definition) is 2. The fourth-order valence-electron chi connectivity index (χ4n) is 3.38. The molecule has 1 aromatic carbocycles. The van der Waals surface area contributed by atoms with Crippen molar-refractivity contribution >= 4 is 11.4 Å². The van der Waals surface area contributed by atoms with Gasteiger partial charge in [0.25, 0.3) is 0 Å². The van der Waals surface area contributed by atoms with E-state index in [2.05, 4.69) is 61.8 Å². The quantitative estimate of drug-likeness (QED) is 0.794. The normalized spacial score (nSPS) is 17.8. The summed E-state index contributed by atoms with van der Waals surface area (Å²) in [7, 11) is 0. The Labute approximate surface area is 112 Å². The van der Waals surface area contributed by atoms with Gasteiger partial charge in [0.2, 0.25) is 0 Å². The van der Waals surface area contributed by atoms with Gasteiger partial charge in [0.1, 0.15) is 0 Å². The topological polar surface area (TPSA) is 6.48 Å². The number of rotatable bonds is 4. The first kappa shape index (κ1) is 13.3. The van der Waals surface area contributed by atoms with Crippen LogP contribution in [-0.2, 0) is 0 Å². The van der Waals surface area contributed by atoms with Gasteiger partial charge in [-0.05, 0) is 38.8 Å². The number of hydrogen-bond donors (Lipinski definition) is 0. The zero-order chi connectivity index (χ0) is 13.2. The summed E-state index contributed by atoms with van der Waals surface area (Å²) in [6, 6.07) is 8.86. The number of likely N-dealkylation sites (N-methyl/N-ethyl adjacent to an activating group) is 2. The lowest BCUT2D eigenvalue weighted by atomic mass is 9.86. The lowest BCUT2D eigenvalue weighted by Gasteiger charge is -2.52. The minimum absolute atomic E-state index is 0.305. The molecule has 2 nitrogen and oxygen atoms in total. The summed E-state index contributed by atoms with van der Waals surface area (Å²) in [6.07, 6.45) is 2.42. The highest BCUT2D eigenvalue weighted by molar-refractivity contribution is 5.75. The second-order valence-electron chi connectivity index (χ2n) is 5.18. The summed E-state index contributed by atoms with van der Waals surface area (Å²) in [5, 5.41) is 0. The van der Waals surface area contributed by atoms with Gasteiger partial charge in [-0.25, -0.2) is 0 Å². The van der Waals surface area contributed by atoms with Crippen LogP contribution in [0.4, 0.5) is 11.4 Å². The molecule has 18 heavy (non-hydrogen) atoms. The summed E-state index contributed by atoms with van der Waals surface area (Å²) in [5.74, 6) is 0. The number of para-hydroxylation sites is 2. The third-order valence-electron chi connectivity index (χ3n) is 4.59. The highest BCUT2D eigenvalue weighted by Crippen LogP contribution is 2.42. The van der Waals surface area contributed by atoms with E-state index in [1.54, 1.807) is 0 Å². The molecule has 0 amide bonds. The molecule has 100 valence electrons. The van der Waals surface area contributed by atoms with Gasteiger partial charge >= 0.3 is 0 Å². The Morgan fingerprint density at radius 2 is 1.56 bits per heavy atom. The van der Waals surface area contributed by atoms with Crippen LogP contribution in [0.1, 0.15) is 40.5 Å². The van der Waals surface area contributed by atoms with Gasteiger partial charge in [0.05, 0.1) is 16.9 Å². The van der Waals surface area contributed by atoms with Crippen molar-refractivity contribution in [3.05, 3.63) is 24.3 Å². The molecular weight excluding hydrogens is 220 g/mol. The lowest BCUT2D eigenvalue weighted by Crippen LogP contribution is -2.59. The van der Waals surface area contributed by atoms with Crippen LogP contribution >= 0.6 is 0 Å². The van der Waals surface area contributed by atoms with E-state index in [1.807, 2.05) is 0 Å². The van der Waals surface area contributed by atoms with Crippen LogP contribution in [0.15, 0.2) is 24.3 Å². The molecule has 0 aliphatic carbocycles. The van der Waals surface area contributed by atoms with Crippen molar-refractivity contribution in [3.8, 4) is 0 Å². The summed E-state index contributed by atoms with van der Waals surface area (Å²) in [6.45, 7) is 12.5. The van der Waals surface area contributed by atoms with Crippen LogP contribution in [0.2, 0.25) is 0 Å². The average molecular weight is 246 g/mol. The standard InChI is InChI=1S/C16H26N2/c1-5-16(6-2)13-17(7-3)14-11-9-10-12-15(14)18(16)8-4/h9-12H,5-8,13H2,1-4H3. The molecule has 0 aromatic heterocycles. The molecule has 0 unspecified atom stereocenters. The first-order valence-corrected chi connectivity index (χ1v) is 7.34. The van der Waals surface area contributed by atoms with E-state index >= 15 is 0 Å². The van der Waals surface area contributed by atoms with Gasteiger partial charge in [-0.2, -0.15) is 0 Å². The zero-order valence-electron chi connectivity index (χ0n) is 12.2. The van der Waals surface area contributed by atoms with E-state index in [0.29, 0.717) is 5.54 Å². The molecule has 0 atom stereocenters. The van der Waals surface area contributed by atoms with Crippen molar-refractivity contribution in [1.82, 2.24) is 0 Å². The monoisotopic (exact) mass is 246 g/mol. The second-order valence-corrected chi connectivity index (χ2v) is 5.18. The van der Waals surface area contributed by atoms with Gasteiger partial charge in [-0.3, -0.25) is 0 Å². The van der Waals surface area contributed by atoms with Crippen LogP contribution in [0.5, 0.6) is 0 Å². The van der Waals surface area contributed by atoms with Crippen molar-refractivity contribution in [3.63, 3.8) is 0 Å². The zero-order valence-corrected chi connectivity index (χ0v) is 12.2. The van der Waals surface area contributed by atoms with Crippen LogP contribution in [-0.4, -0.2) is 25.2 Å². The Kier molecular flexibility index (Phi) is 3.84. The number of nitrogens with zero attached hydrogens (tertiary/aromatic N) is 2. The molecule has 0 radical (unpaired) electrons. The molecular formula is C16H26N2. The largest absolute Gasteiger partial charge is 0.368 e. The maximum Gasteiger partial charge on any atom is 0.0609 e. The fraction of sp³-hybridized carbons (Fsp3) is 0.625. The van der Waals surface area contributed by atoms with Crippen LogP contribution in [0.25, 0.3) is 0 Å². The maximum absolute atomic E-state index is 2.62. The predicted octanol–water partition coefficient (Wildman–Crippen LogP) is 3.91. The van der Waals surface area contributed by atoms with Gasteiger partial charge in [0.15, 0.2) is 0 Å². The Morgan fingerprint density at radius 3 is 2.06 bits per heavy atom. The third kappa shape index (κ3) is 1.88. The molecule has 0 N–H and O–H groups in total. The van der Waals surface area contributed by atoms with Crippen LogP contribution < -0.4 is 9.80 Å². The molecule has 0 saturated heterocycles. The van der Waals surface area contributed by atoms with E-state index in [0.717, 1.165) is 19.6 Å². The average Bonchev–Trinajstić information content (AvgIpc) is 2.45. The van der Waals surface area contributed by atoms with Gasteiger partial charge in [-0.15, -0.1) is 0 Å². The van der Waals surface area contributed by atoms with Crippen LogP contribution in [0, 0.1) is 0 Å². The van der Waals surface area contributed by atoms with Crippen LogP contribution in [0.3, 0.4) is 0 Å². The lowest BCUT2D eigenvalue weighted by molar-refractivity contribution is 0.352. The minimum Gasteiger partial charge on any atom is -0.368 e. The molecule has 0 saturated carbocycles. The molecule has 1 aliphatic heterocycles. The maximum atomic E-state index is 2.62. The highest BCUT2D eigenvalue weighted by Gasteiger charge is 2.39. The van der Waals surface area contributed by atoms with Crippen molar-refractivity contribution < 1.29 is 0 Å². The van der Waals surface area contributed by atoms with Crippen molar-refractivity contribution in [2.45, 2.75) is 46.1 Å². The molecule has 0 bridgehead atoms. The number of anilines is 2. The molecule has 1 heterocycles. The van der Waals surface area contributed by atoms with Gasteiger partial charge < -0.3 is 9.80 Å². The van der Waals surface area contributed by atoms with E-state index in [1.165, 1.54) is 24.2 Å². The Balaban J connectivity index is 2.52. The summed E-state index contributed by atoms with van der Waals surface area (Å²) < 4.78 is 0. The van der Waals surface area contributed by atoms with E-state index in [-0.39, 0.29) is 0 Å². The molecule has 1 aliphatic rings. The third-order valence-corrected chi connectivity index (χ3v) is 4.59. The predicted molar refractivity (Wildman–Crippen MR) is 80.7 cm³/mol. The van der Waals surface area contributed by atoms with Gasteiger partial charge in [-0.1, -0.05) is 26.0 Å². The Hall–Kier alpha value is -1.18. The molecule has 2 heteroatoms.